The van der Waals surface area contributed by atoms with Crippen LogP contribution >= 0.6 is 0 Å². The van der Waals surface area contributed by atoms with Crippen molar-refractivity contribution in [3.05, 3.63) is 47.7 Å². The Morgan fingerprint density at radius 2 is 2.20 bits per heavy atom. The fourth-order valence-corrected chi connectivity index (χ4v) is 1.50. The normalized spacial score (nSPS) is 18.5. The van der Waals surface area contributed by atoms with Crippen LogP contribution in [0.15, 0.2) is 41.5 Å². The predicted octanol–water partition coefficient (Wildman–Crippen LogP) is 0.972. The molecule has 15 heavy (non-hydrogen) atoms. The van der Waals surface area contributed by atoms with E-state index in [0.29, 0.717) is 5.56 Å². The predicted molar refractivity (Wildman–Crippen MR) is 58.5 cm³/mol. The largest absolute Gasteiger partial charge is 0.366 e. The second kappa shape index (κ2) is 3.96. The first-order chi connectivity index (χ1) is 7.29. The molecule has 0 aromatic heterocycles. The number of nitrogens with one attached hydrogen (secondary N) is 1. The smallest absolute Gasteiger partial charge is 0.249 e. The Morgan fingerprint density at radius 1 is 1.40 bits per heavy atom. The fraction of sp³-hybridized carbons (Fsp3) is 0.0909. The van der Waals surface area contributed by atoms with Gasteiger partial charge in [-0.2, -0.15) is 0 Å². The molecule has 1 aliphatic heterocycles. The summed E-state index contributed by atoms with van der Waals surface area (Å²) in [6.45, 7) is 0. The molecule has 1 aromatic rings. The van der Waals surface area contributed by atoms with Crippen LogP contribution in [-0.4, -0.2) is 12.1 Å². The number of carbonyl (C=O) groups is 1. The number of nitrogens with zero attached hydrogens (tertiary/aromatic N) is 1. The third kappa shape index (κ3) is 1.88. The molecule has 1 amide bonds. The van der Waals surface area contributed by atoms with Gasteiger partial charge in [0.2, 0.25) is 5.91 Å². The van der Waals surface area contributed by atoms with Gasteiger partial charge in [0, 0.05) is 17.3 Å². The van der Waals surface area contributed by atoms with E-state index in [0.717, 1.165) is 5.56 Å². The molecule has 0 saturated carbocycles. The van der Waals surface area contributed by atoms with Gasteiger partial charge in [-0.1, -0.05) is 18.2 Å². The third-order valence-corrected chi connectivity index (χ3v) is 2.19. The van der Waals surface area contributed by atoms with Gasteiger partial charge in [0.1, 0.15) is 6.17 Å². The Bertz CT molecular complexity index is 437. The number of primary amides is 1. The maximum Gasteiger partial charge on any atom is 0.249 e. The molecular formula is C11H11N3O. The van der Waals surface area contributed by atoms with Gasteiger partial charge in [-0.25, -0.2) is 0 Å². The van der Waals surface area contributed by atoms with Crippen molar-refractivity contribution in [1.82, 2.24) is 5.32 Å². The summed E-state index contributed by atoms with van der Waals surface area (Å²) >= 11 is 0. The van der Waals surface area contributed by atoms with Crippen LogP contribution in [0.5, 0.6) is 0 Å². The quantitative estimate of drug-likeness (QED) is 0.748. The van der Waals surface area contributed by atoms with Crippen LogP contribution in [0.1, 0.15) is 22.1 Å². The van der Waals surface area contributed by atoms with Gasteiger partial charge in [-0.15, -0.1) is 0 Å². The molecule has 0 bridgehead atoms. The molecule has 1 heterocycles. The van der Waals surface area contributed by atoms with Crippen LogP contribution in [0, 0.1) is 0 Å². The second-order valence-electron chi connectivity index (χ2n) is 3.18. The average Bonchev–Trinajstić information content (AvgIpc) is 2.30. The lowest BCUT2D eigenvalue weighted by Crippen LogP contribution is -2.21. The number of hydrogen-bond acceptors (Lipinski definition) is 3. The highest BCUT2D eigenvalue weighted by Gasteiger charge is 2.15. The zero-order valence-corrected chi connectivity index (χ0v) is 8.05. The van der Waals surface area contributed by atoms with Gasteiger partial charge in [0.25, 0.3) is 0 Å². The van der Waals surface area contributed by atoms with Gasteiger partial charge in [0.05, 0.1) is 0 Å². The fourth-order valence-electron chi connectivity index (χ4n) is 1.50. The van der Waals surface area contributed by atoms with Gasteiger partial charge in [0.15, 0.2) is 0 Å². The van der Waals surface area contributed by atoms with Crippen molar-refractivity contribution >= 4 is 12.1 Å². The van der Waals surface area contributed by atoms with Crippen molar-refractivity contribution in [1.29, 1.82) is 0 Å². The molecule has 1 unspecified atom stereocenters. The summed E-state index contributed by atoms with van der Waals surface area (Å²) < 4.78 is 0. The SMILES string of the molecule is NC(=O)c1ccccc1C1N=CC=CN1. The number of nitrogens with two attached hydrogens (primary N) is 1. The van der Waals surface area contributed by atoms with Crippen LogP contribution in [-0.2, 0) is 0 Å². The molecule has 0 spiro atoms. The monoisotopic (exact) mass is 201 g/mol. The topological polar surface area (TPSA) is 67.5 Å². The van der Waals surface area contributed by atoms with E-state index in [2.05, 4.69) is 10.3 Å². The average molecular weight is 201 g/mol. The number of aliphatic imine (C=N–C) groups is 1. The standard InChI is InChI=1S/C11H11N3O/c12-10(15)8-4-1-2-5-9(8)11-13-6-3-7-14-11/h1-7,11,13H,(H2,12,15). The molecule has 76 valence electrons. The maximum atomic E-state index is 11.2. The molecule has 0 aliphatic carbocycles. The summed E-state index contributed by atoms with van der Waals surface area (Å²) in [5.41, 5.74) is 6.58. The van der Waals surface area contributed by atoms with E-state index < -0.39 is 5.91 Å². The highest BCUT2D eigenvalue weighted by atomic mass is 16.1. The zero-order valence-electron chi connectivity index (χ0n) is 8.05. The molecule has 4 nitrogen and oxygen atoms in total. The highest BCUT2D eigenvalue weighted by Crippen LogP contribution is 2.19. The summed E-state index contributed by atoms with van der Waals surface area (Å²) in [5, 5.41) is 3.04. The van der Waals surface area contributed by atoms with Crippen LogP contribution in [0.2, 0.25) is 0 Å². The Morgan fingerprint density at radius 3 is 2.87 bits per heavy atom. The van der Waals surface area contributed by atoms with E-state index in [1.54, 1.807) is 30.6 Å². The molecular weight excluding hydrogens is 190 g/mol. The first kappa shape index (κ1) is 9.45. The minimum atomic E-state index is -0.433. The van der Waals surface area contributed by atoms with Crippen molar-refractivity contribution in [2.75, 3.05) is 0 Å². The molecule has 0 saturated heterocycles. The van der Waals surface area contributed by atoms with E-state index in [-0.39, 0.29) is 6.17 Å². The molecule has 3 N–H and O–H groups in total. The number of carbonyl (C=O) groups excluding carboxylic acids is 1. The molecule has 1 aromatic carbocycles. The van der Waals surface area contributed by atoms with Crippen LogP contribution in [0.25, 0.3) is 0 Å². The maximum absolute atomic E-state index is 11.2. The van der Waals surface area contributed by atoms with Crippen molar-refractivity contribution in [2.45, 2.75) is 6.17 Å². The molecule has 4 heteroatoms. The lowest BCUT2D eigenvalue weighted by Gasteiger charge is -2.17. The summed E-state index contributed by atoms with van der Waals surface area (Å²) in [5.74, 6) is -0.433. The van der Waals surface area contributed by atoms with Crippen LogP contribution in [0.4, 0.5) is 0 Å². The number of rotatable bonds is 2. The second-order valence-corrected chi connectivity index (χ2v) is 3.18. The number of allylic oxidation sites excluding steroid dienone is 1. The zero-order chi connectivity index (χ0) is 10.7. The van der Waals surface area contributed by atoms with Crippen LogP contribution in [0.3, 0.4) is 0 Å². The van der Waals surface area contributed by atoms with Crippen molar-refractivity contribution in [2.24, 2.45) is 10.7 Å². The lowest BCUT2D eigenvalue weighted by molar-refractivity contribution is 0.0999. The summed E-state index contributed by atoms with van der Waals surface area (Å²) in [4.78, 5) is 15.4. The number of hydrogen-bond donors (Lipinski definition) is 2. The van der Waals surface area contributed by atoms with Gasteiger partial charge in [-0.05, 0) is 18.3 Å². The summed E-state index contributed by atoms with van der Waals surface area (Å²) in [6.07, 6.45) is 5.05. The summed E-state index contributed by atoms with van der Waals surface area (Å²) in [6, 6.07) is 7.19. The first-order valence-corrected chi connectivity index (χ1v) is 4.62. The minimum absolute atomic E-state index is 0.223. The molecule has 1 atom stereocenters. The van der Waals surface area contributed by atoms with E-state index in [1.165, 1.54) is 0 Å². The van der Waals surface area contributed by atoms with Crippen molar-refractivity contribution < 1.29 is 4.79 Å². The Hall–Kier alpha value is -2.10. The Kier molecular flexibility index (Phi) is 2.49. The lowest BCUT2D eigenvalue weighted by atomic mass is 10.0. The van der Waals surface area contributed by atoms with Crippen LogP contribution < -0.4 is 11.1 Å². The van der Waals surface area contributed by atoms with E-state index in [1.807, 2.05) is 12.1 Å². The van der Waals surface area contributed by atoms with E-state index in [9.17, 15) is 4.79 Å². The highest BCUT2D eigenvalue weighted by molar-refractivity contribution is 5.94. The molecule has 2 rings (SSSR count). The van der Waals surface area contributed by atoms with Gasteiger partial charge >= 0.3 is 0 Å². The van der Waals surface area contributed by atoms with Gasteiger partial charge < -0.3 is 11.1 Å². The number of amides is 1. The van der Waals surface area contributed by atoms with Crippen molar-refractivity contribution in [3.63, 3.8) is 0 Å². The Balaban J connectivity index is 2.39. The molecule has 0 radical (unpaired) electrons. The molecule has 1 aliphatic rings. The minimum Gasteiger partial charge on any atom is -0.366 e. The van der Waals surface area contributed by atoms with E-state index in [4.69, 9.17) is 5.73 Å². The molecule has 0 fully saturated rings. The Labute approximate surface area is 87.5 Å². The third-order valence-electron chi connectivity index (χ3n) is 2.19. The van der Waals surface area contributed by atoms with Gasteiger partial charge in [-0.3, -0.25) is 9.79 Å². The first-order valence-electron chi connectivity index (χ1n) is 4.62. The summed E-state index contributed by atoms with van der Waals surface area (Å²) in [7, 11) is 0. The van der Waals surface area contributed by atoms with E-state index >= 15 is 0 Å². The van der Waals surface area contributed by atoms with Crippen molar-refractivity contribution in [3.8, 4) is 0 Å². The number of benzene rings is 1.